The number of aliphatic hydroxyl groups excluding tert-OH is 3. The molecule has 21 nitrogen and oxygen atoms in total. The molecule has 9 unspecified atom stereocenters. The number of anilines is 3. The van der Waals surface area contributed by atoms with Crippen LogP contribution in [0, 0.1) is 36.5 Å². The minimum Gasteiger partial charge on any atom is -0.507 e. The Bertz CT molecular complexity index is 3490. The second-order valence-electron chi connectivity index (χ2n) is 21.5. The highest BCUT2D eigenvalue weighted by molar-refractivity contribution is 6.17. The number of hydrogen-bond donors (Lipinski definition) is 7. The van der Waals surface area contributed by atoms with E-state index in [-0.39, 0.29) is 66.3 Å². The smallest absolute Gasteiger partial charge is 0.344 e. The Morgan fingerprint density at radius 1 is 0.924 bits per heavy atom. The number of aromatic nitrogens is 1. The molecule has 9 atom stereocenters. The Kier molecular flexibility index (Phi) is 16.7. The van der Waals surface area contributed by atoms with Crippen LogP contribution in [0.3, 0.4) is 0 Å². The summed E-state index contributed by atoms with van der Waals surface area (Å²) in [6.45, 7) is 18.0. The van der Waals surface area contributed by atoms with Crippen molar-refractivity contribution in [2.45, 2.75) is 92.5 Å². The Morgan fingerprint density at radius 2 is 1.63 bits per heavy atom. The van der Waals surface area contributed by atoms with Crippen molar-refractivity contribution in [2.75, 3.05) is 62.4 Å². The summed E-state index contributed by atoms with van der Waals surface area (Å²) in [6.07, 6.45) is 2.46. The molecule has 4 aliphatic rings. The van der Waals surface area contributed by atoms with Crippen LogP contribution in [0.1, 0.15) is 71.3 Å². The number of piperazine rings is 1. The van der Waals surface area contributed by atoms with Crippen LogP contribution in [0.4, 0.5) is 17.1 Å². The number of benzene rings is 4. The number of fused-ring (bicyclic) bond motifs is 14. The number of phenols is 2. The lowest BCUT2D eigenvalue weighted by Gasteiger charge is -2.38. The number of rotatable bonds is 8. The standard InChI is InChI=1S/C58H69N5O16/c1-27(2)25-62-17-19-63(20-18-62)35-23-38(65)45-40(24-35)77-54-46(60-45)42-43-50(69)33(8)53-44(42)55(71)58(9,79-53)76-21-16-39(74-10)30(5)52(78-41(66)26-75-57(73)36-15-14-34(59)22-37(36)64)32(7)49(68)31(6)48(67)28(3)12-11-13-29(4)56(72)61-47(54)51(43)70/h11-16,21-24,27-28,30-32,39,48-49,52,64,67-69,71H,17-20,25-26,59H2,1-10H3,(H,61,72). The first-order valence-corrected chi connectivity index (χ1v) is 26.2. The fourth-order valence-electron chi connectivity index (χ4n) is 10.7. The van der Waals surface area contributed by atoms with Crippen molar-refractivity contribution in [2.24, 2.45) is 29.6 Å². The molecule has 4 aromatic carbocycles. The quantitative estimate of drug-likeness (QED) is 0.0439. The summed E-state index contributed by atoms with van der Waals surface area (Å²) in [5.41, 5.74) is 3.90. The van der Waals surface area contributed by atoms with Crippen molar-refractivity contribution in [1.29, 1.82) is 0 Å². The molecule has 1 saturated heterocycles. The second kappa shape index (κ2) is 22.9. The van der Waals surface area contributed by atoms with Gasteiger partial charge in [0.15, 0.2) is 29.0 Å². The van der Waals surface area contributed by atoms with Crippen molar-refractivity contribution in [3.63, 3.8) is 0 Å². The zero-order chi connectivity index (χ0) is 57.5. The Hall–Kier alpha value is -7.72. The van der Waals surface area contributed by atoms with Gasteiger partial charge in [-0.1, -0.05) is 59.8 Å². The van der Waals surface area contributed by atoms with Crippen LogP contribution in [0.15, 0.2) is 80.5 Å². The number of ether oxygens (including phenoxy) is 5. The molecule has 1 aromatic heterocycles. The summed E-state index contributed by atoms with van der Waals surface area (Å²) in [5, 5.41) is 60.2. The number of nitrogens with zero attached hydrogens (tertiary/aromatic N) is 3. The second-order valence-corrected chi connectivity index (χ2v) is 21.5. The van der Waals surface area contributed by atoms with Gasteiger partial charge in [0.1, 0.15) is 40.1 Å². The van der Waals surface area contributed by atoms with Crippen LogP contribution < -0.4 is 36.8 Å². The minimum atomic E-state index is -2.08. The Labute approximate surface area is 455 Å². The van der Waals surface area contributed by atoms with Gasteiger partial charge in [0.25, 0.3) is 5.91 Å². The minimum absolute atomic E-state index is 0.00659. The van der Waals surface area contributed by atoms with Crippen LogP contribution in [-0.4, -0.2) is 130 Å². The van der Waals surface area contributed by atoms with E-state index >= 15 is 4.79 Å². The lowest BCUT2D eigenvalue weighted by molar-refractivity contribution is -0.166. The normalized spacial score (nSPS) is 25.4. The molecule has 0 spiro atoms. The van der Waals surface area contributed by atoms with Gasteiger partial charge >= 0.3 is 17.7 Å². The first-order valence-electron chi connectivity index (χ1n) is 26.2. The van der Waals surface area contributed by atoms with Gasteiger partial charge < -0.3 is 69.6 Å². The van der Waals surface area contributed by atoms with Gasteiger partial charge in [0.05, 0.1) is 35.2 Å². The maximum Gasteiger partial charge on any atom is 0.344 e. The molecule has 79 heavy (non-hydrogen) atoms. The van der Waals surface area contributed by atoms with E-state index in [1.54, 1.807) is 39.8 Å². The highest BCUT2D eigenvalue weighted by atomic mass is 16.7. The maximum atomic E-state index is 15.0. The summed E-state index contributed by atoms with van der Waals surface area (Å²) in [6, 6.07) is 6.87. The molecule has 8 N–H and O–H groups in total. The number of esters is 2. The predicted octanol–water partition coefficient (Wildman–Crippen LogP) is 5.46. The Balaban J connectivity index is 1.25. The average molecular weight is 1090 g/mol. The topological polar surface area (TPSA) is 303 Å². The molecule has 5 aromatic rings. The van der Waals surface area contributed by atoms with Crippen molar-refractivity contribution in [1.82, 2.24) is 9.88 Å². The van der Waals surface area contributed by atoms with E-state index in [1.807, 2.05) is 0 Å². The monoisotopic (exact) mass is 1090 g/mol. The summed E-state index contributed by atoms with van der Waals surface area (Å²) >= 11 is 0. The van der Waals surface area contributed by atoms with Crippen LogP contribution in [0.5, 0.6) is 17.2 Å². The largest absolute Gasteiger partial charge is 0.507 e. The average Bonchev–Trinajstić information content (AvgIpc) is 4.00. The summed E-state index contributed by atoms with van der Waals surface area (Å²) in [4.78, 5) is 79.0. The number of nitrogen functional groups attached to an aromatic ring is 1. The first-order chi connectivity index (χ1) is 37.3. The molecule has 4 aliphatic heterocycles. The zero-order valence-corrected chi connectivity index (χ0v) is 45.9. The number of hydrogen-bond acceptors (Lipinski definition) is 20. The molecule has 0 aliphatic carbocycles. The molecule has 9 rings (SSSR count). The van der Waals surface area contributed by atoms with E-state index in [2.05, 4.69) is 29.0 Å². The van der Waals surface area contributed by atoms with Crippen molar-refractivity contribution >= 4 is 73.6 Å². The molecule has 5 heterocycles. The summed E-state index contributed by atoms with van der Waals surface area (Å²) in [7, 11) is 1.37. The van der Waals surface area contributed by atoms with Crippen LogP contribution in [0.25, 0.3) is 38.7 Å². The van der Waals surface area contributed by atoms with E-state index in [0.717, 1.165) is 32.0 Å². The van der Waals surface area contributed by atoms with E-state index < -0.39 is 112 Å². The number of allylic oxidation sites excluding steroid dienone is 2. The highest BCUT2D eigenvalue weighted by Crippen LogP contribution is 2.42. The third-order valence-electron chi connectivity index (χ3n) is 15.3. The fraction of sp³-hybridized carbons (Fsp3) is 0.448. The van der Waals surface area contributed by atoms with Crippen LogP contribution in [-0.2, 0) is 28.5 Å². The number of nitrogens with two attached hydrogens (primary N) is 1. The molecule has 422 valence electrons. The lowest BCUT2D eigenvalue weighted by atomic mass is 9.78. The number of amides is 1. The van der Waals surface area contributed by atoms with Gasteiger partial charge in [0.2, 0.25) is 10.9 Å². The summed E-state index contributed by atoms with van der Waals surface area (Å²) < 4.78 is 36.1. The van der Waals surface area contributed by atoms with Gasteiger partial charge in [-0.15, -0.1) is 0 Å². The number of nitrogens with one attached hydrogen (secondary N) is 1. The van der Waals surface area contributed by atoms with E-state index in [4.69, 9.17) is 38.8 Å². The highest BCUT2D eigenvalue weighted by Gasteiger charge is 2.44. The molecule has 1 amide bonds. The first kappa shape index (κ1) is 57.5. The van der Waals surface area contributed by atoms with E-state index in [1.165, 1.54) is 64.3 Å². The number of carbonyl (C=O) groups is 3. The maximum absolute atomic E-state index is 15.0. The Morgan fingerprint density at radius 3 is 2.30 bits per heavy atom. The number of aliphatic hydroxyl groups is 3. The molecule has 21 heteroatoms. The predicted molar refractivity (Wildman–Crippen MR) is 296 cm³/mol. The van der Waals surface area contributed by atoms with Crippen molar-refractivity contribution < 1.29 is 68.0 Å². The van der Waals surface area contributed by atoms with Gasteiger partial charge in [-0.05, 0) is 38.0 Å². The molecular formula is C58H69N5O16. The zero-order valence-electron chi connectivity index (χ0n) is 45.9. The molecule has 5 bridgehead atoms. The molecular weight excluding hydrogens is 1020 g/mol. The molecule has 0 radical (unpaired) electrons. The number of phenolic OH excluding ortho intramolecular Hbond substituents is 2. The number of carbonyl (C=O) groups excluding carboxylic acids is 3. The van der Waals surface area contributed by atoms with Gasteiger partial charge in [-0.2, -0.15) is 0 Å². The van der Waals surface area contributed by atoms with Crippen LogP contribution in [0.2, 0.25) is 0 Å². The van der Waals surface area contributed by atoms with Crippen molar-refractivity contribution in [3.8, 4) is 17.2 Å². The van der Waals surface area contributed by atoms with Gasteiger partial charge in [-0.3, -0.25) is 19.3 Å². The number of aromatic hydroxyl groups is 2. The SMILES string of the molecule is COC1C=COC2(C)Oc3c(C)c(O)c4c(=O)c(c5oc6cc(N7CCN(CC(C)C)CC7)cc(=O)c6nc5c4c3=C2O)NC(=O)C(C)=CC=CC(C)C(O)C(C)C(O)C(C)C(OC(=O)COC(=O)c2ccc(N)cc2O)C1C. The van der Waals surface area contributed by atoms with Crippen LogP contribution >= 0.6 is 0 Å². The van der Waals surface area contributed by atoms with E-state index in [0.29, 0.717) is 24.7 Å². The third-order valence-corrected chi connectivity index (χ3v) is 15.3. The van der Waals surface area contributed by atoms with Crippen molar-refractivity contribution in [3.05, 3.63) is 103 Å². The molecule has 1 fully saturated rings. The summed E-state index contributed by atoms with van der Waals surface area (Å²) in [5.74, 6) is -9.42. The van der Waals surface area contributed by atoms with E-state index in [9.17, 15) is 44.7 Å². The lowest BCUT2D eigenvalue weighted by Crippen LogP contribution is -2.47. The number of methoxy groups -OCH3 is 1. The van der Waals surface area contributed by atoms with Gasteiger partial charge in [-0.25, -0.2) is 14.6 Å². The van der Waals surface area contributed by atoms with Gasteiger partial charge in [0, 0.05) is 117 Å². The third kappa shape index (κ3) is 11.3. The fourth-order valence-corrected chi connectivity index (χ4v) is 10.7. The molecule has 0 saturated carbocycles.